The fourth-order valence-corrected chi connectivity index (χ4v) is 3.83. The van der Waals surface area contributed by atoms with E-state index >= 15 is 0 Å². The number of halogens is 1. The maximum atomic E-state index is 14.7. The lowest BCUT2D eigenvalue weighted by Crippen LogP contribution is -2.14. The van der Waals surface area contributed by atoms with Gasteiger partial charge < -0.3 is 11.1 Å². The highest BCUT2D eigenvalue weighted by molar-refractivity contribution is 7.89. The van der Waals surface area contributed by atoms with Crippen LogP contribution in [0.3, 0.4) is 0 Å². The summed E-state index contributed by atoms with van der Waals surface area (Å²) in [6.07, 6.45) is 0. The van der Waals surface area contributed by atoms with E-state index in [0.29, 0.717) is 27.9 Å². The third-order valence-electron chi connectivity index (χ3n) is 4.80. The molecule has 7 nitrogen and oxygen atoms in total. The van der Waals surface area contributed by atoms with Crippen LogP contribution < -0.4 is 16.2 Å². The van der Waals surface area contributed by atoms with Crippen molar-refractivity contribution >= 4 is 33.0 Å². The van der Waals surface area contributed by atoms with Crippen LogP contribution in [0.1, 0.15) is 18.1 Å². The fourth-order valence-electron chi connectivity index (χ4n) is 3.07. The van der Waals surface area contributed by atoms with E-state index < -0.39 is 21.8 Å². The van der Waals surface area contributed by atoms with E-state index in [2.05, 4.69) is 5.32 Å². The Kier molecular flexibility index (Phi) is 6.52. The Balaban J connectivity index is 1.80. The first-order valence-electron chi connectivity index (χ1n) is 9.43. The molecular weight excluding hydrogens is 431 g/mol. The summed E-state index contributed by atoms with van der Waals surface area (Å²) in [6, 6.07) is 18.9. The molecule has 9 heteroatoms. The Labute approximate surface area is 185 Å². The van der Waals surface area contributed by atoms with Crippen LogP contribution in [0.5, 0.6) is 0 Å². The minimum Gasteiger partial charge on any atom is -0.384 e. The summed E-state index contributed by atoms with van der Waals surface area (Å²) in [6.45, 7) is 1.48. The molecule has 0 bridgehead atoms. The van der Waals surface area contributed by atoms with Crippen molar-refractivity contribution in [2.75, 3.05) is 5.32 Å². The van der Waals surface area contributed by atoms with E-state index in [1.165, 1.54) is 25.1 Å². The van der Waals surface area contributed by atoms with Gasteiger partial charge in [-0.05, 0) is 41.8 Å². The number of benzene rings is 3. The number of nitrogens with two attached hydrogens (primary N) is 2. The van der Waals surface area contributed by atoms with Crippen molar-refractivity contribution in [3.05, 3.63) is 89.8 Å². The van der Waals surface area contributed by atoms with Crippen molar-refractivity contribution in [3.63, 3.8) is 0 Å². The zero-order valence-corrected chi connectivity index (χ0v) is 17.9. The first-order valence-corrected chi connectivity index (χ1v) is 11.0. The Morgan fingerprint density at radius 1 is 0.938 bits per heavy atom. The van der Waals surface area contributed by atoms with E-state index in [9.17, 15) is 17.6 Å². The molecule has 0 aliphatic carbocycles. The van der Waals surface area contributed by atoms with Gasteiger partial charge in [0.05, 0.1) is 4.90 Å². The number of hydrogen-bond donors (Lipinski definition) is 4. The van der Waals surface area contributed by atoms with Crippen LogP contribution in [-0.2, 0) is 14.8 Å². The monoisotopic (exact) mass is 452 g/mol. The normalized spacial score (nSPS) is 12.1. The van der Waals surface area contributed by atoms with Gasteiger partial charge in [0.1, 0.15) is 5.84 Å². The number of rotatable bonds is 6. The minimum atomic E-state index is -3.91. The van der Waals surface area contributed by atoms with Gasteiger partial charge in [-0.15, -0.1) is 0 Å². The summed E-state index contributed by atoms with van der Waals surface area (Å²) in [5, 5.41) is 15.1. The van der Waals surface area contributed by atoms with Crippen molar-refractivity contribution in [3.8, 4) is 11.1 Å². The van der Waals surface area contributed by atoms with Crippen LogP contribution in [0, 0.1) is 5.41 Å². The standard InChI is InChI=1S/C23H21FN4O3S/c1-14(15-6-8-17(9-7-15)22(25)26)21(24)23(29)28-18-12-10-16(11-13-18)19-4-2-3-5-20(19)32(27,30)31/h2-13H,1H3,(H3,25,26)(H,28,29)(H2,27,30,31)/b21-14+. The Hall–Kier alpha value is -3.82. The summed E-state index contributed by atoms with van der Waals surface area (Å²) in [5.74, 6) is -1.98. The number of carbonyl (C=O) groups is 1. The van der Waals surface area contributed by atoms with Crippen molar-refractivity contribution in [1.82, 2.24) is 0 Å². The summed E-state index contributed by atoms with van der Waals surface area (Å²) < 4.78 is 38.3. The molecule has 0 aromatic heterocycles. The van der Waals surface area contributed by atoms with Crippen LogP contribution in [0.2, 0.25) is 0 Å². The number of anilines is 1. The van der Waals surface area contributed by atoms with Gasteiger partial charge in [0.2, 0.25) is 10.0 Å². The molecule has 0 atom stereocenters. The van der Waals surface area contributed by atoms with Gasteiger partial charge in [0.25, 0.3) is 5.91 Å². The van der Waals surface area contributed by atoms with Gasteiger partial charge in [0.15, 0.2) is 5.83 Å². The predicted molar refractivity (Wildman–Crippen MR) is 123 cm³/mol. The first kappa shape index (κ1) is 22.9. The summed E-state index contributed by atoms with van der Waals surface area (Å²) in [4.78, 5) is 12.3. The van der Waals surface area contributed by atoms with Crippen LogP contribution in [0.15, 0.2) is 83.5 Å². The van der Waals surface area contributed by atoms with Crippen molar-refractivity contribution in [2.24, 2.45) is 10.9 Å². The fraction of sp³-hybridized carbons (Fsp3) is 0.0435. The summed E-state index contributed by atoms with van der Waals surface area (Å²) >= 11 is 0. The van der Waals surface area contributed by atoms with Gasteiger partial charge >= 0.3 is 0 Å². The second-order valence-electron chi connectivity index (χ2n) is 7.00. The van der Waals surface area contributed by atoms with Crippen molar-refractivity contribution < 1.29 is 17.6 Å². The highest BCUT2D eigenvalue weighted by atomic mass is 32.2. The van der Waals surface area contributed by atoms with Gasteiger partial charge in [-0.2, -0.15) is 0 Å². The average Bonchev–Trinajstić information content (AvgIpc) is 2.78. The quantitative estimate of drug-likeness (QED) is 0.258. The second kappa shape index (κ2) is 9.13. The number of allylic oxidation sites excluding steroid dienone is 1. The SMILES string of the molecule is C/C(=C(\F)C(=O)Nc1ccc(-c2ccccc2S(N)(=O)=O)cc1)c1ccc(C(=N)N)cc1. The van der Waals surface area contributed by atoms with Gasteiger partial charge in [-0.3, -0.25) is 10.2 Å². The maximum Gasteiger partial charge on any atom is 0.284 e. The maximum absolute atomic E-state index is 14.7. The van der Waals surface area contributed by atoms with Gasteiger partial charge in [-0.25, -0.2) is 17.9 Å². The lowest BCUT2D eigenvalue weighted by Gasteiger charge is -2.10. The molecule has 0 saturated heterocycles. The first-order chi connectivity index (χ1) is 15.1. The molecule has 0 radical (unpaired) electrons. The number of carbonyl (C=O) groups excluding carboxylic acids is 1. The Morgan fingerprint density at radius 2 is 1.50 bits per heavy atom. The number of nitrogens with one attached hydrogen (secondary N) is 2. The smallest absolute Gasteiger partial charge is 0.284 e. The molecule has 32 heavy (non-hydrogen) atoms. The topological polar surface area (TPSA) is 139 Å². The van der Waals surface area contributed by atoms with Crippen LogP contribution >= 0.6 is 0 Å². The predicted octanol–water partition coefficient (Wildman–Crippen LogP) is 3.62. The molecular formula is C23H21FN4O3S. The Morgan fingerprint density at radius 3 is 2.06 bits per heavy atom. The highest BCUT2D eigenvalue weighted by Gasteiger charge is 2.16. The second-order valence-corrected chi connectivity index (χ2v) is 8.53. The van der Waals surface area contributed by atoms with Crippen LogP contribution in [-0.4, -0.2) is 20.2 Å². The number of amides is 1. The van der Waals surface area contributed by atoms with E-state index in [1.54, 1.807) is 54.6 Å². The van der Waals surface area contributed by atoms with Gasteiger partial charge in [0, 0.05) is 16.8 Å². The van der Waals surface area contributed by atoms with Crippen LogP contribution in [0.4, 0.5) is 10.1 Å². The lowest BCUT2D eigenvalue weighted by atomic mass is 10.0. The third kappa shape index (κ3) is 5.08. The lowest BCUT2D eigenvalue weighted by molar-refractivity contribution is -0.114. The average molecular weight is 453 g/mol. The van der Waals surface area contributed by atoms with E-state index in [4.69, 9.17) is 16.3 Å². The third-order valence-corrected chi connectivity index (χ3v) is 5.77. The largest absolute Gasteiger partial charge is 0.384 e. The molecule has 1 amide bonds. The number of sulfonamides is 1. The highest BCUT2D eigenvalue weighted by Crippen LogP contribution is 2.28. The molecule has 0 heterocycles. The summed E-state index contributed by atoms with van der Waals surface area (Å²) in [5.41, 5.74) is 7.85. The van der Waals surface area contributed by atoms with Crippen molar-refractivity contribution in [2.45, 2.75) is 11.8 Å². The molecule has 3 aromatic carbocycles. The minimum absolute atomic E-state index is 0.0165. The molecule has 164 valence electrons. The van der Waals surface area contributed by atoms with Crippen LogP contribution in [0.25, 0.3) is 16.7 Å². The zero-order valence-electron chi connectivity index (χ0n) is 17.1. The van der Waals surface area contributed by atoms with E-state index in [0.717, 1.165) is 0 Å². The van der Waals surface area contributed by atoms with Gasteiger partial charge in [-0.1, -0.05) is 54.6 Å². The number of nitrogen functional groups attached to an aromatic ring is 1. The molecule has 3 aromatic rings. The Bertz CT molecular complexity index is 1320. The van der Waals surface area contributed by atoms with E-state index in [1.807, 2.05) is 0 Å². The molecule has 0 aliphatic heterocycles. The number of amidine groups is 1. The van der Waals surface area contributed by atoms with E-state index in [-0.39, 0.29) is 16.3 Å². The molecule has 0 unspecified atom stereocenters. The number of hydrogen-bond acceptors (Lipinski definition) is 4. The summed E-state index contributed by atoms with van der Waals surface area (Å²) in [7, 11) is -3.91. The molecule has 0 aliphatic rings. The molecule has 0 spiro atoms. The van der Waals surface area contributed by atoms with Crippen molar-refractivity contribution in [1.29, 1.82) is 5.41 Å². The number of primary sulfonamides is 1. The zero-order chi connectivity index (χ0) is 23.5. The molecule has 6 N–H and O–H groups in total. The molecule has 0 saturated carbocycles. The molecule has 3 rings (SSSR count). The molecule has 0 fully saturated rings.